The molecule has 18 heavy (non-hydrogen) atoms. The lowest BCUT2D eigenvalue weighted by Crippen LogP contribution is -2.25. The number of sulfonamides is 1. The minimum absolute atomic E-state index is 0.218. The van der Waals surface area contributed by atoms with Gasteiger partial charge >= 0.3 is 0 Å². The van der Waals surface area contributed by atoms with E-state index in [4.69, 9.17) is 5.73 Å². The molecule has 3 N–H and O–H groups in total. The van der Waals surface area contributed by atoms with Gasteiger partial charge in [0, 0.05) is 29.8 Å². The second kappa shape index (κ2) is 5.57. The van der Waals surface area contributed by atoms with Crippen LogP contribution in [0.4, 0.5) is 0 Å². The average Bonchev–Trinajstić information content (AvgIpc) is 2.99. The lowest BCUT2D eigenvalue weighted by Gasteiger charge is -2.02. The van der Waals surface area contributed by atoms with Gasteiger partial charge in [-0.2, -0.15) is 4.98 Å². The fraction of sp³-hybridized carbons (Fsp3) is 0.333. The Balaban J connectivity index is 1.95. The van der Waals surface area contributed by atoms with Gasteiger partial charge in [0.2, 0.25) is 16.4 Å². The lowest BCUT2D eigenvalue weighted by atomic mass is 10.4. The summed E-state index contributed by atoms with van der Waals surface area (Å²) in [6.07, 6.45) is 1.58. The molecule has 0 atom stereocenters. The molecule has 0 saturated heterocycles. The van der Waals surface area contributed by atoms with Crippen molar-refractivity contribution in [1.82, 2.24) is 14.9 Å². The molecule has 0 radical (unpaired) electrons. The smallest absolute Gasteiger partial charge is 0.241 e. The van der Waals surface area contributed by atoms with Crippen LogP contribution in [0.1, 0.15) is 10.7 Å². The molecule has 0 unspecified atom stereocenters. The summed E-state index contributed by atoms with van der Waals surface area (Å²) in [4.78, 5) is 4.86. The minimum Gasteiger partial charge on any atom is -0.343 e. The number of nitrogens with zero attached hydrogens (tertiary/aromatic N) is 2. The van der Waals surface area contributed by atoms with Crippen LogP contribution in [0.2, 0.25) is 0 Å². The fourth-order valence-corrected chi connectivity index (χ4v) is 3.48. The highest BCUT2D eigenvalue weighted by atomic mass is 32.2. The van der Waals surface area contributed by atoms with Crippen LogP contribution < -0.4 is 10.5 Å². The van der Waals surface area contributed by atoms with Crippen LogP contribution in [0.3, 0.4) is 0 Å². The first-order valence-electron chi connectivity index (χ1n) is 5.14. The first-order valence-corrected chi connectivity index (χ1v) is 7.50. The molecule has 0 aliphatic heterocycles. The predicted octanol–water partition coefficient (Wildman–Crippen LogP) is 0.111. The van der Waals surface area contributed by atoms with E-state index >= 15 is 0 Å². The summed E-state index contributed by atoms with van der Waals surface area (Å²) >= 11 is 1.32. The van der Waals surface area contributed by atoms with Gasteiger partial charge in [0.15, 0.2) is 5.82 Å². The molecule has 0 aliphatic rings. The summed E-state index contributed by atoms with van der Waals surface area (Å²) in [5.41, 5.74) is 5.44. The Morgan fingerprint density at radius 2 is 2.33 bits per heavy atom. The molecule has 9 heteroatoms. The second-order valence-corrected chi connectivity index (χ2v) is 6.21. The van der Waals surface area contributed by atoms with Gasteiger partial charge in [-0.1, -0.05) is 5.16 Å². The third-order valence-corrected chi connectivity index (χ3v) is 4.74. The zero-order chi connectivity index (χ0) is 13.0. The summed E-state index contributed by atoms with van der Waals surface area (Å²) in [5.74, 6) is 0.464. The first kappa shape index (κ1) is 13.1. The van der Waals surface area contributed by atoms with Gasteiger partial charge in [-0.05, 0) is 6.07 Å². The standard InChI is InChI=1S/C9H12N4O3S2/c10-4-7-3-8(5-17-7)18(14,15)12-2-1-9-11-6-16-13-9/h3,5-6,12H,1-2,4,10H2. The minimum atomic E-state index is -3.48. The van der Waals surface area contributed by atoms with Crippen molar-refractivity contribution in [3.63, 3.8) is 0 Å². The Kier molecular flexibility index (Phi) is 4.07. The number of hydrogen-bond donors (Lipinski definition) is 2. The molecule has 2 rings (SSSR count). The Labute approximate surface area is 108 Å². The van der Waals surface area contributed by atoms with E-state index in [9.17, 15) is 8.42 Å². The van der Waals surface area contributed by atoms with Gasteiger partial charge in [0.05, 0.1) is 4.90 Å². The van der Waals surface area contributed by atoms with E-state index < -0.39 is 10.0 Å². The highest BCUT2D eigenvalue weighted by Crippen LogP contribution is 2.18. The molecule has 98 valence electrons. The quantitative estimate of drug-likeness (QED) is 0.780. The van der Waals surface area contributed by atoms with Crippen molar-refractivity contribution in [3.05, 3.63) is 28.5 Å². The van der Waals surface area contributed by atoms with Crippen molar-refractivity contribution in [2.75, 3.05) is 6.54 Å². The maximum Gasteiger partial charge on any atom is 0.241 e. The molecule has 0 bridgehead atoms. The third-order valence-electron chi connectivity index (χ3n) is 2.19. The Hall–Kier alpha value is -1.29. The van der Waals surface area contributed by atoms with Crippen LogP contribution in [-0.4, -0.2) is 25.1 Å². The van der Waals surface area contributed by atoms with E-state index in [1.807, 2.05) is 0 Å². The Bertz CT molecular complexity index is 591. The summed E-state index contributed by atoms with van der Waals surface area (Å²) in [6, 6.07) is 1.57. The van der Waals surface area contributed by atoms with Crippen molar-refractivity contribution < 1.29 is 12.9 Å². The van der Waals surface area contributed by atoms with Crippen LogP contribution >= 0.6 is 11.3 Å². The maximum absolute atomic E-state index is 11.9. The lowest BCUT2D eigenvalue weighted by molar-refractivity contribution is 0.410. The number of thiophene rings is 1. The summed E-state index contributed by atoms with van der Waals surface area (Å²) in [7, 11) is -3.48. The largest absolute Gasteiger partial charge is 0.343 e. The number of aromatic nitrogens is 2. The molecule has 2 aromatic rings. The maximum atomic E-state index is 11.9. The van der Waals surface area contributed by atoms with Crippen LogP contribution in [0.5, 0.6) is 0 Å². The van der Waals surface area contributed by atoms with Gasteiger partial charge in [0.1, 0.15) is 0 Å². The predicted molar refractivity (Wildman–Crippen MR) is 65.4 cm³/mol. The molecular weight excluding hydrogens is 276 g/mol. The molecule has 2 aromatic heterocycles. The molecular formula is C9H12N4O3S2. The Morgan fingerprint density at radius 1 is 1.50 bits per heavy atom. The summed E-state index contributed by atoms with van der Waals surface area (Å²) in [6.45, 7) is 0.554. The molecule has 2 heterocycles. The van der Waals surface area contributed by atoms with Crippen molar-refractivity contribution in [1.29, 1.82) is 0 Å². The van der Waals surface area contributed by atoms with Crippen molar-refractivity contribution in [3.8, 4) is 0 Å². The summed E-state index contributed by atoms with van der Waals surface area (Å²) in [5, 5.41) is 5.16. The second-order valence-electron chi connectivity index (χ2n) is 3.45. The zero-order valence-corrected chi connectivity index (χ0v) is 11.0. The number of rotatable bonds is 6. The van der Waals surface area contributed by atoms with Crippen LogP contribution in [-0.2, 0) is 23.0 Å². The van der Waals surface area contributed by atoms with Gasteiger partial charge in [-0.25, -0.2) is 13.1 Å². The van der Waals surface area contributed by atoms with E-state index in [1.165, 1.54) is 17.7 Å². The van der Waals surface area contributed by atoms with Crippen molar-refractivity contribution >= 4 is 21.4 Å². The third kappa shape index (κ3) is 3.13. The fourth-order valence-electron chi connectivity index (χ4n) is 1.29. The van der Waals surface area contributed by atoms with E-state index in [-0.39, 0.29) is 11.4 Å². The summed E-state index contributed by atoms with van der Waals surface area (Å²) < 4.78 is 30.8. The normalized spacial score (nSPS) is 11.8. The molecule has 0 aliphatic carbocycles. The Morgan fingerprint density at radius 3 is 2.94 bits per heavy atom. The molecule has 0 aromatic carbocycles. The van der Waals surface area contributed by atoms with E-state index in [1.54, 1.807) is 11.4 Å². The SMILES string of the molecule is NCc1cc(S(=O)(=O)NCCc2ncon2)cs1. The highest BCUT2D eigenvalue weighted by Gasteiger charge is 2.15. The van der Waals surface area contributed by atoms with E-state index in [2.05, 4.69) is 19.4 Å². The van der Waals surface area contributed by atoms with Gasteiger partial charge < -0.3 is 10.3 Å². The van der Waals surface area contributed by atoms with Crippen LogP contribution in [0.15, 0.2) is 27.3 Å². The van der Waals surface area contributed by atoms with Crippen LogP contribution in [0, 0.1) is 0 Å². The number of nitrogens with one attached hydrogen (secondary N) is 1. The number of hydrogen-bond acceptors (Lipinski definition) is 7. The van der Waals surface area contributed by atoms with Crippen molar-refractivity contribution in [2.45, 2.75) is 17.9 Å². The van der Waals surface area contributed by atoms with E-state index in [0.717, 1.165) is 4.88 Å². The highest BCUT2D eigenvalue weighted by molar-refractivity contribution is 7.89. The zero-order valence-electron chi connectivity index (χ0n) is 9.37. The molecule has 7 nitrogen and oxygen atoms in total. The van der Waals surface area contributed by atoms with Gasteiger partial charge in [-0.3, -0.25) is 0 Å². The van der Waals surface area contributed by atoms with Crippen LogP contribution in [0.25, 0.3) is 0 Å². The molecule has 0 spiro atoms. The monoisotopic (exact) mass is 288 g/mol. The number of nitrogens with two attached hydrogens (primary N) is 1. The molecule has 0 fully saturated rings. The first-order chi connectivity index (χ1) is 8.62. The topological polar surface area (TPSA) is 111 Å². The molecule has 0 saturated carbocycles. The van der Waals surface area contributed by atoms with Crippen molar-refractivity contribution in [2.24, 2.45) is 5.73 Å². The van der Waals surface area contributed by atoms with E-state index in [0.29, 0.717) is 18.8 Å². The van der Waals surface area contributed by atoms with Gasteiger partial charge in [0.25, 0.3) is 0 Å². The van der Waals surface area contributed by atoms with Gasteiger partial charge in [-0.15, -0.1) is 11.3 Å². The molecule has 0 amide bonds. The average molecular weight is 288 g/mol.